The van der Waals surface area contributed by atoms with Crippen LogP contribution in [0.3, 0.4) is 0 Å². The minimum Gasteiger partial charge on any atom is -0.397 e. The summed E-state index contributed by atoms with van der Waals surface area (Å²) >= 11 is 0. The summed E-state index contributed by atoms with van der Waals surface area (Å²) in [6.07, 6.45) is 2.71. The van der Waals surface area contributed by atoms with Gasteiger partial charge in [-0.1, -0.05) is 6.92 Å². The minimum absolute atomic E-state index is 0.0768. The standard InChI is InChI=1S/C15H23N3O/c1-3-17-15(19)12-6-7-14(13(16)8-12)18-9-10(2)11-4-5-11/h6-8,10-11,18H,3-5,9,16H2,1-2H3,(H,17,19). The third kappa shape index (κ3) is 3.63. The number of anilines is 2. The molecule has 1 fully saturated rings. The maximum Gasteiger partial charge on any atom is 0.251 e. The van der Waals surface area contributed by atoms with Crippen LogP contribution in [0.15, 0.2) is 18.2 Å². The lowest BCUT2D eigenvalue weighted by Gasteiger charge is -2.14. The van der Waals surface area contributed by atoms with Crippen molar-refractivity contribution < 1.29 is 4.79 Å². The lowest BCUT2D eigenvalue weighted by molar-refractivity contribution is 0.0956. The number of rotatable bonds is 6. The molecule has 4 nitrogen and oxygen atoms in total. The molecule has 1 atom stereocenters. The largest absolute Gasteiger partial charge is 0.397 e. The molecule has 2 rings (SSSR count). The van der Waals surface area contributed by atoms with Gasteiger partial charge in [-0.25, -0.2) is 0 Å². The summed E-state index contributed by atoms with van der Waals surface area (Å²) in [5.41, 5.74) is 8.15. The van der Waals surface area contributed by atoms with Crippen molar-refractivity contribution in [1.82, 2.24) is 5.32 Å². The maximum atomic E-state index is 11.7. The molecule has 19 heavy (non-hydrogen) atoms. The highest BCUT2D eigenvalue weighted by Crippen LogP contribution is 2.36. The predicted molar refractivity (Wildman–Crippen MR) is 79.2 cm³/mol. The van der Waals surface area contributed by atoms with E-state index in [1.54, 1.807) is 6.07 Å². The molecule has 0 spiro atoms. The molecule has 1 aromatic rings. The molecule has 0 radical (unpaired) electrons. The van der Waals surface area contributed by atoms with E-state index in [2.05, 4.69) is 17.6 Å². The lowest BCUT2D eigenvalue weighted by atomic mass is 10.1. The number of hydrogen-bond acceptors (Lipinski definition) is 3. The summed E-state index contributed by atoms with van der Waals surface area (Å²) in [6.45, 7) is 5.73. The molecule has 1 aromatic carbocycles. The second-order valence-corrected chi connectivity index (χ2v) is 5.36. The molecule has 0 aromatic heterocycles. The fourth-order valence-corrected chi connectivity index (χ4v) is 2.23. The van der Waals surface area contributed by atoms with E-state index in [-0.39, 0.29) is 5.91 Å². The average molecular weight is 261 g/mol. The second kappa shape index (κ2) is 5.95. The Labute approximate surface area is 114 Å². The zero-order valence-corrected chi connectivity index (χ0v) is 11.7. The zero-order valence-electron chi connectivity index (χ0n) is 11.7. The number of carbonyl (C=O) groups excluding carboxylic acids is 1. The van der Waals surface area contributed by atoms with Crippen LogP contribution in [0.25, 0.3) is 0 Å². The SMILES string of the molecule is CCNC(=O)c1ccc(NCC(C)C2CC2)c(N)c1. The van der Waals surface area contributed by atoms with Crippen molar-refractivity contribution in [3.63, 3.8) is 0 Å². The molecule has 1 saturated carbocycles. The summed E-state index contributed by atoms with van der Waals surface area (Å²) in [7, 11) is 0. The van der Waals surface area contributed by atoms with Gasteiger partial charge in [0.1, 0.15) is 0 Å². The van der Waals surface area contributed by atoms with Crippen LogP contribution in [0.4, 0.5) is 11.4 Å². The molecule has 0 aliphatic heterocycles. The van der Waals surface area contributed by atoms with Crippen molar-refractivity contribution in [3.8, 4) is 0 Å². The first-order valence-corrected chi connectivity index (χ1v) is 7.03. The monoisotopic (exact) mass is 261 g/mol. The Hall–Kier alpha value is -1.71. The fourth-order valence-electron chi connectivity index (χ4n) is 2.23. The van der Waals surface area contributed by atoms with Gasteiger partial charge >= 0.3 is 0 Å². The van der Waals surface area contributed by atoms with Crippen molar-refractivity contribution >= 4 is 17.3 Å². The number of nitrogen functional groups attached to an aromatic ring is 1. The summed E-state index contributed by atoms with van der Waals surface area (Å²) in [6, 6.07) is 5.43. The summed E-state index contributed by atoms with van der Waals surface area (Å²) in [4.78, 5) is 11.7. The quantitative estimate of drug-likeness (QED) is 0.689. The molecule has 1 unspecified atom stereocenters. The molecule has 1 aliphatic rings. The van der Waals surface area contributed by atoms with Crippen LogP contribution in [0.1, 0.15) is 37.0 Å². The third-order valence-electron chi connectivity index (χ3n) is 3.69. The minimum atomic E-state index is -0.0768. The number of hydrogen-bond donors (Lipinski definition) is 3. The molecule has 4 N–H and O–H groups in total. The van der Waals surface area contributed by atoms with E-state index in [4.69, 9.17) is 5.73 Å². The predicted octanol–water partition coefficient (Wildman–Crippen LogP) is 2.48. The van der Waals surface area contributed by atoms with E-state index >= 15 is 0 Å². The Morgan fingerprint density at radius 3 is 2.79 bits per heavy atom. The van der Waals surface area contributed by atoms with E-state index in [1.807, 2.05) is 19.1 Å². The van der Waals surface area contributed by atoms with Gasteiger partial charge in [0.25, 0.3) is 5.91 Å². The smallest absolute Gasteiger partial charge is 0.251 e. The van der Waals surface area contributed by atoms with E-state index in [9.17, 15) is 4.79 Å². The molecule has 0 saturated heterocycles. The summed E-state index contributed by atoms with van der Waals surface area (Å²) in [5, 5.41) is 6.14. The Morgan fingerprint density at radius 1 is 1.47 bits per heavy atom. The average Bonchev–Trinajstić information content (AvgIpc) is 3.21. The molecule has 1 aliphatic carbocycles. The Balaban J connectivity index is 1.96. The molecular formula is C15H23N3O. The normalized spacial score (nSPS) is 15.9. The van der Waals surface area contributed by atoms with Gasteiger partial charge in [-0.2, -0.15) is 0 Å². The highest BCUT2D eigenvalue weighted by Gasteiger charge is 2.27. The molecule has 4 heteroatoms. The highest BCUT2D eigenvalue weighted by molar-refractivity contribution is 5.96. The Kier molecular flexibility index (Phi) is 4.30. The number of nitrogens with two attached hydrogens (primary N) is 1. The third-order valence-corrected chi connectivity index (χ3v) is 3.69. The van der Waals surface area contributed by atoms with Crippen molar-refractivity contribution in [3.05, 3.63) is 23.8 Å². The van der Waals surface area contributed by atoms with E-state index in [0.29, 0.717) is 23.7 Å². The number of benzene rings is 1. The van der Waals surface area contributed by atoms with Crippen molar-refractivity contribution in [2.75, 3.05) is 24.1 Å². The van der Waals surface area contributed by atoms with Crippen molar-refractivity contribution in [1.29, 1.82) is 0 Å². The van der Waals surface area contributed by atoms with Gasteiger partial charge in [-0.15, -0.1) is 0 Å². The van der Waals surface area contributed by atoms with Gasteiger partial charge in [-0.3, -0.25) is 4.79 Å². The van der Waals surface area contributed by atoms with E-state index < -0.39 is 0 Å². The number of carbonyl (C=O) groups is 1. The van der Waals surface area contributed by atoms with Gasteiger partial charge in [0.15, 0.2) is 0 Å². The van der Waals surface area contributed by atoms with Crippen LogP contribution in [0.2, 0.25) is 0 Å². The molecule has 0 heterocycles. The lowest BCUT2D eigenvalue weighted by Crippen LogP contribution is -2.22. The molecule has 104 valence electrons. The summed E-state index contributed by atoms with van der Waals surface area (Å²) in [5.74, 6) is 1.48. The van der Waals surface area contributed by atoms with Gasteiger partial charge in [0.05, 0.1) is 11.4 Å². The van der Waals surface area contributed by atoms with Crippen LogP contribution in [0, 0.1) is 11.8 Å². The van der Waals surface area contributed by atoms with Crippen LogP contribution < -0.4 is 16.4 Å². The van der Waals surface area contributed by atoms with Crippen LogP contribution in [-0.2, 0) is 0 Å². The van der Waals surface area contributed by atoms with Gasteiger partial charge < -0.3 is 16.4 Å². The second-order valence-electron chi connectivity index (χ2n) is 5.36. The summed E-state index contributed by atoms with van der Waals surface area (Å²) < 4.78 is 0. The van der Waals surface area contributed by atoms with E-state index in [0.717, 1.165) is 18.2 Å². The molecule has 1 amide bonds. The zero-order chi connectivity index (χ0) is 13.8. The molecular weight excluding hydrogens is 238 g/mol. The van der Waals surface area contributed by atoms with E-state index in [1.165, 1.54) is 12.8 Å². The van der Waals surface area contributed by atoms with Gasteiger partial charge in [0, 0.05) is 18.7 Å². The van der Waals surface area contributed by atoms with Gasteiger partial charge in [-0.05, 0) is 49.8 Å². The van der Waals surface area contributed by atoms with Crippen LogP contribution in [-0.4, -0.2) is 19.0 Å². The molecule has 0 bridgehead atoms. The van der Waals surface area contributed by atoms with Crippen LogP contribution >= 0.6 is 0 Å². The fraction of sp³-hybridized carbons (Fsp3) is 0.533. The maximum absolute atomic E-state index is 11.7. The first kappa shape index (κ1) is 13.7. The van der Waals surface area contributed by atoms with Crippen molar-refractivity contribution in [2.45, 2.75) is 26.7 Å². The first-order chi connectivity index (χ1) is 9.11. The Morgan fingerprint density at radius 2 is 2.21 bits per heavy atom. The van der Waals surface area contributed by atoms with Crippen LogP contribution in [0.5, 0.6) is 0 Å². The number of nitrogens with one attached hydrogen (secondary N) is 2. The Bertz CT molecular complexity index is 455. The van der Waals surface area contributed by atoms with Gasteiger partial charge in [0.2, 0.25) is 0 Å². The first-order valence-electron chi connectivity index (χ1n) is 7.03. The topological polar surface area (TPSA) is 67.2 Å². The highest BCUT2D eigenvalue weighted by atomic mass is 16.1. The van der Waals surface area contributed by atoms with Crippen molar-refractivity contribution in [2.24, 2.45) is 11.8 Å². The number of amides is 1.